The van der Waals surface area contributed by atoms with Gasteiger partial charge in [-0.15, -0.1) is 5.10 Å². The van der Waals surface area contributed by atoms with E-state index >= 15 is 0 Å². The summed E-state index contributed by atoms with van der Waals surface area (Å²) in [7, 11) is 0. The summed E-state index contributed by atoms with van der Waals surface area (Å²) >= 11 is 1.66. The van der Waals surface area contributed by atoms with E-state index < -0.39 is 0 Å². The summed E-state index contributed by atoms with van der Waals surface area (Å²) < 4.78 is 0. The van der Waals surface area contributed by atoms with E-state index in [0.717, 1.165) is 18.2 Å². The number of aromatic amines is 1. The van der Waals surface area contributed by atoms with Crippen molar-refractivity contribution in [2.75, 3.05) is 18.8 Å². The number of nitrogen functional groups attached to an aromatic ring is 1. The molecule has 0 aromatic carbocycles. The maximum absolute atomic E-state index is 5.36. The molecule has 60 valence electrons. The first-order chi connectivity index (χ1) is 5.34. The molecule has 0 radical (unpaired) electrons. The molecule has 0 amide bonds. The van der Waals surface area contributed by atoms with Crippen molar-refractivity contribution in [3.63, 3.8) is 0 Å². The highest BCUT2D eigenvalue weighted by molar-refractivity contribution is 7.99. The fourth-order valence-electron chi connectivity index (χ4n) is 0.805. The van der Waals surface area contributed by atoms with Gasteiger partial charge in [0.2, 0.25) is 11.1 Å². The molecule has 1 aliphatic heterocycles. The van der Waals surface area contributed by atoms with Crippen molar-refractivity contribution in [1.82, 2.24) is 20.5 Å². The van der Waals surface area contributed by atoms with E-state index in [1.54, 1.807) is 11.8 Å². The van der Waals surface area contributed by atoms with Crippen molar-refractivity contribution in [2.24, 2.45) is 0 Å². The average molecular weight is 171 g/mol. The van der Waals surface area contributed by atoms with Crippen LogP contribution in [-0.4, -0.2) is 33.5 Å². The van der Waals surface area contributed by atoms with Crippen LogP contribution in [0.25, 0.3) is 0 Å². The molecule has 1 aliphatic rings. The first kappa shape index (κ1) is 6.93. The van der Waals surface area contributed by atoms with E-state index in [2.05, 4.69) is 20.5 Å². The molecular weight excluding hydrogens is 162 g/mol. The molecule has 0 saturated carbocycles. The van der Waals surface area contributed by atoms with Crippen molar-refractivity contribution in [3.8, 4) is 0 Å². The number of anilines is 1. The Morgan fingerprint density at radius 2 is 2.36 bits per heavy atom. The number of hydrogen-bond donors (Lipinski definition) is 3. The average Bonchev–Trinajstić information content (AvgIpc) is 2.27. The van der Waals surface area contributed by atoms with Gasteiger partial charge in [-0.25, -0.2) is 5.10 Å². The standard InChI is InChI=1S/C5H9N5S/c6-4-8-5(10-9-4)11-3-1-7-2-3/h3,7H,1-2H2,(H3,6,8,9,10). The third-order valence-electron chi connectivity index (χ3n) is 1.50. The zero-order valence-corrected chi connectivity index (χ0v) is 6.69. The van der Waals surface area contributed by atoms with E-state index in [0.29, 0.717) is 11.2 Å². The summed E-state index contributed by atoms with van der Waals surface area (Å²) in [4.78, 5) is 3.98. The lowest BCUT2D eigenvalue weighted by Crippen LogP contribution is -2.44. The lowest BCUT2D eigenvalue weighted by atomic mass is 10.3. The minimum absolute atomic E-state index is 0.389. The Bertz CT molecular complexity index is 243. The van der Waals surface area contributed by atoms with Crippen LogP contribution in [0.3, 0.4) is 0 Å². The molecule has 6 heteroatoms. The number of nitrogens with one attached hydrogen (secondary N) is 2. The molecule has 1 fully saturated rings. The smallest absolute Gasteiger partial charge is 0.216 e. The predicted octanol–water partition coefficient (Wildman–Crippen LogP) is -0.549. The summed E-state index contributed by atoms with van der Waals surface area (Å²) in [6, 6.07) is 0. The Morgan fingerprint density at radius 1 is 1.55 bits per heavy atom. The topological polar surface area (TPSA) is 79.6 Å². The Kier molecular flexibility index (Phi) is 1.71. The van der Waals surface area contributed by atoms with Gasteiger partial charge in [0, 0.05) is 18.3 Å². The van der Waals surface area contributed by atoms with Gasteiger partial charge in [0.05, 0.1) is 0 Å². The van der Waals surface area contributed by atoms with Crippen LogP contribution < -0.4 is 11.1 Å². The lowest BCUT2D eigenvalue weighted by Gasteiger charge is -2.24. The number of thioether (sulfide) groups is 1. The second-order valence-corrected chi connectivity index (χ2v) is 3.67. The normalized spacial score (nSPS) is 18.2. The largest absolute Gasteiger partial charge is 0.368 e. The molecule has 0 unspecified atom stereocenters. The highest BCUT2D eigenvalue weighted by Gasteiger charge is 2.19. The Morgan fingerprint density at radius 3 is 2.82 bits per heavy atom. The fraction of sp³-hybridized carbons (Fsp3) is 0.600. The third-order valence-corrected chi connectivity index (χ3v) is 2.56. The maximum atomic E-state index is 5.36. The van der Waals surface area contributed by atoms with Gasteiger partial charge in [0.25, 0.3) is 0 Å². The van der Waals surface area contributed by atoms with E-state index in [1.165, 1.54) is 0 Å². The molecule has 2 heterocycles. The molecule has 11 heavy (non-hydrogen) atoms. The fourth-order valence-corrected chi connectivity index (χ4v) is 1.76. The molecular formula is C5H9N5S. The third kappa shape index (κ3) is 1.46. The SMILES string of the molecule is Nc1nc(SC2CNC2)n[nH]1. The van der Waals surface area contributed by atoms with Gasteiger partial charge in [-0.2, -0.15) is 4.98 Å². The predicted molar refractivity (Wildman–Crippen MR) is 43.3 cm³/mol. The molecule has 0 atom stereocenters. The van der Waals surface area contributed by atoms with Crippen molar-refractivity contribution in [3.05, 3.63) is 0 Å². The quantitative estimate of drug-likeness (QED) is 0.556. The van der Waals surface area contributed by atoms with E-state index in [-0.39, 0.29) is 0 Å². The molecule has 0 bridgehead atoms. The van der Waals surface area contributed by atoms with Gasteiger partial charge in [-0.05, 0) is 0 Å². The maximum Gasteiger partial charge on any atom is 0.216 e. The minimum atomic E-state index is 0.389. The molecule has 1 saturated heterocycles. The van der Waals surface area contributed by atoms with Crippen molar-refractivity contribution in [1.29, 1.82) is 0 Å². The van der Waals surface area contributed by atoms with Crippen LogP contribution in [-0.2, 0) is 0 Å². The number of aromatic nitrogens is 3. The van der Waals surface area contributed by atoms with Gasteiger partial charge < -0.3 is 11.1 Å². The molecule has 0 spiro atoms. The van der Waals surface area contributed by atoms with Gasteiger partial charge >= 0.3 is 0 Å². The zero-order chi connectivity index (χ0) is 7.68. The molecule has 4 N–H and O–H groups in total. The summed E-state index contributed by atoms with van der Waals surface area (Å²) in [5.41, 5.74) is 5.36. The summed E-state index contributed by atoms with van der Waals surface area (Å²) in [5.74, 6) is 0.389. The number of rotatable bonds is 2. The van der Waals surface area contributed by atoms with Crippen LogP contribution in [0.1, 0.15) is 0 Å². The Balaban J connectivity index is 1.95. The number of H-pyrrole nitrogens is 1. The zero-order valence-electron chi connectivity index (χ0n) is 5.87. The van der Waals surface area contributed by atoms with E-state index in [4.69, 9.17) is 5.73 Å². The number of hydrogen-bond acceptors (Lipinski definition) is 5. The van der Waals surface area contributed by atoms with Crippen LogP contribution >= 0.6 is 11.8 Å². The van der Waals surface area contributed by atoms with Crippen molar-refractivity contribution < 1.29 is 0 Å². The second kappa shape index (κ2) is 2.71. The molecule has 1 aromatic rings. The van der Waals surface area contributed by atoms with Crippen molar-refractivity contribution in [2.45, 2.75) is 10.4 Å². The minimum Gasteiger partial charge on any atom is -0.368 e. The van der Waals surface area contributed by atoms with Gasteiger partial charge in [0.15, 0.2) is 0 Å². The van der Waals surface area contributed by atoms with Crippen LogP contribution in [0.15, 0.2) is 5.16 Å². The summed E-state index contributed by atoms with van der Waals surface area (Å²) in [5, 5.41) is 11.0. The van der Waals surface area contributed by atoms with Gasteiger partial charge in [-0.3, -0.25) is 0 Å². The van der Waals surface area contributed by atoms with Crippen LogP contribution in [0.4, 0.5) is 5.95 Å². The Hall–Kier alpha value is -0.750. The lowest BCUT2D eigenvalue weighted by molar-refractivity contribution is 0.542. The summed E-state index contributed by atoms with van der Waals surface area (Å²) in [6.07, 6.45) is 0. The highest BCUT2D eigenvalue weighted by Crippen LogP contribution is 2.21. The molecule has 0 aliphatic carbocycles. The molecule has 5 nitrogen and oxygen atoms in total. The van der Waals surface area contributed by atoms with Crippen LogP contribution in [0.5, 0.6) is 0 Å². The first-order valence-electron chi connectivity index (χ1n) is 3.40. The summed E-state index contributed by atoms with van der Waals surface area (Å²) in [6.45, 7) is 2.08. The van der Waals surface area contributed by atoms with Gasteiger partial charge in [0.1, 0.15) is 0 Å². The van der Waals surface area contributed by atoms with Crippen LogP contribution in [0, 0.1) is 0 Å². The van der Waals surface area contributed by atoms with E-state index in [9.17, 15) is 0 Å². The first-order valence-corrected chi connectivity index (χ1v) is 4.28. The highest BCUT2D eigenvalue weighted by atomic mass is 32.2. The molecule has 1 aromatic heterocycles. The number of nitrogens with two attached hydrogens (primary N) is 1. The second-order valence-electron chi connectivity index (χ2n) is 2.40. The van der Waals surface area contributed by atoms with Crippen molar-refractivity contribution >= 4 is 17.7 Å². The van der Waals surface area contributed by atoms with Crippen LogP contribution in [0.2, 0.25) is 0 Å². The Labute approximate surface area is 68.2 Å². The number of nitrogens with zero attached hydrogens (tertiary/aromatic N) is 2. The van der Waals surface area contributed by atoms with Gasteiger partial charge in [-0.1, -0.05) is 11.8 Å². The molecule has 2 rings (SSSR count). The monoisotopic (exact) mass is 171 g/mol. The van der Waals surface area contributed by atoms with E-state index in [1.807, 2.05) is 0 Å².